The van der Waals surface area contributed by atoms with E-state index in [4.69, 9.17) is 4.99 Å². The molecule has 0 aromatic carbocycles. The lowest BCUT2D eigenvalue weighted by atomic mass is 9.48. The van der Waals surface area contributed by atoms with Crippen molar-refractivity contribution in [3.05, 3.63) is 23.8 Å². The number of hydrogen-bond donors (Lipinski definition) is 0. The molecule has 24 heavy (non-hydrogen) atoms. The maximum Gasteiger partial charge on any atom is 0.178 e. The minimum atomic E-state index is 0.128. The summed E-state index contributed by atoms with van der Waals surface area (Å²) in [6, 6.07) is 0.539. The lowest BCUT2D eigenvalue weighted by molar-refractivity contribution is -0.111. The fourth-order valence-electron chi connectivity index (χ4n) is 6.65. The summed E-state index contributed by atoms with van der Waals surface area (Å²) in [6.45, 7) is 7.09. The van der Waals surface area contributed by atoms with Gasteiger partial charge in [-0.05, 0) is 86.5 Å². The van der Waals surface area contributed by atoms with E-state index in [1.165, 1.54) is 37.7 Å². The van der Waals surface area contributed by atoms with Crippen LogP contribution >= 0.6 is 0 Å². The number of hydrogen-bond acceptors (Lipinski definition) is 2. The van der Waals surface area contributed by atoms with E-state index in [0.29, 0.717) is 17.4 Å². The molecule has 3 saturated carbocycles. The van der Waals surface area contributed by atoms with Crippen LogP contribution in [0.15, 0.2) is 28.8 Å². The zero-order valence-corrected chi connectivity index (χ0v) is 15.4. The van der Waals surface area contributed by atoms with Crippen molar-refractivity contribution in [1.29, 1.82) is 0 Å². The summed E-state index contributed by atoms with van der Waals surface area (Å²) in [5.41, 5.74) is 1.93. The van der Waals surface area contributed by atoms with E-state index in [2.05, 4.69) is 33.1 Å². The molecule has 0 radical (unpaired) electrons. The van der Waals surface area contributed by atoms with Gasteiger partial charge in [0.1, 0.15) is 0 Å². The summed E-state index contributed by atoms with van der Waals surface area (Å²) in [4.78, 5) is 16.8. The molecular weight excluding hydrogens is 294 g/mol. The smallest absolute Gasteiger partial charge is 0.178 e. The number of rotatable bonds is 2. The van der Waals surface area contributed by atoms with Gasteiger partial charge in [-0.3, -0.25) is 9.79 Å². The van der Waals surface area contributed by atoms with Gasteiger partial charge in [-0.2, -0.15) is 0 Å². The molecule has 3 fully saturated rings. The van der Waals surface area contributed by atoms with Crippen LogP contribution in [-0.2, 0) is 4.79 Å². The van der Waals surface area contributed by atoms with Gasteiger partial charge in [-0.1, -0.05) is 32.4 Å². The van der Waals surface area contributed by atoms with E-state index < -0.39 is 0 Å². The molecule has 0 saturated heterocycles. The van der Waals surface area contributed by atoms with E-state index in [0.717, 1.165) is 24.7 Å². The largest absolute Gasteiger partial charge is 0.294 e. The maximum absolute atomic E-state index is 11.8. The quantitative estimate of drug-likeness (QED) is 0.646. The Morgan fingerprint density at radius 2 is 2.04 bits per heavy atom. The van der Waals surface area contributed by atoms with Crippen LogP contribution in [-0.4, -0.2) is 18.0 Å². The lowest BCUT2D eigenvalue weighted by Gasteiger charge is -2.56. The summed E-state index contributed by atoms with van der Waals surface area (Å²) in [7, 11) is 0. The average molecular weight is 325 g/mol. The number of carbonyl (C=O) groups excluding carboxylic acids is 1. The Morgan fingerprint density at radius 3 is 2.83 bits per heavy atom. The second-order valence-corrected chi connectivity index (χ2v) is 8.98. The van der Waals surface area contributed by atoms with E-state index in [1.54, 1.807) is 0 Å². The summed E-state index contributed by atoms with van der Waals surface area (Å²) < 4.78 is 0. The van der Waals surface area contributed by atoms with Crippen LogP contribution in [0.3, 0.4) is 0 Å². The molecule has 4 rings (SSSR count). The molecule has 0 aliphatic heterocycles. The molecule has 0 spiro atoms. The van der Waals surface area contributed by atoms with Crippen molar-refractivity contribution in [1.82, 2.24) is 0 Å². The van der Waals surface area contributed by atoms with Crippen molar-refractivity contribution < 1.29 is 4.79 Å². The molecule has 0 heterocycles. The van der Waals surface area contributed by atoms with Gasteiger partial charge in [-0.25, -0.2) is 0 Å². The van der Waals surface area contributed by atoms with Gasteiger partial charge in [0, 0.05) is 5.41 Å². The first-order chi connectivity index (χ1) is 11.5. The normalized spacial score (nSPS) is 47.3. The molecule has 130 valence electrons. The molecule has 4 aliphatic carbocycles. The highest BCUT2D eigenvalue weighted by molar-refractivity contribution is 6.01. The highest BCUT2D eigenvalue weighted by Crippen LogP contribution is 2.64. The van der Waals surface area contributed by atoms with Crippen LogP contribution in [0.4, 0.5) is 0 Å². The van der Waals surface area contributed by atoms with Gasteiger partial charge in [0.15, 0.2) is 5.78 Å². The van der Waals surface area contributed by atoms with Crippen LogP contribution in [0, 0.1) is 28.6 Å². The van der Waals surface area contributed by atoms with Crippen molar-refractivity contribution >= 4 is 12.0 Å². The second-order valence-electron chi connectivity index (χ2n) is 8.98. The summed E-state index contributed by atoms with van der Waals surface area (Å²) in [5, 5.41) is 0. The van der Waals surface area contributed by atoms with Gasteiger partial charge in [-0.15, -0.1) is 0 Å². The first-order valence-corrected chi connectivity index (χ1v) is 9.95. The summed E-state index contributed by atoms with van der Waals surface area (Å²) in [5.74, 6) is 2.54. The van der Waals surface area contributed by atoms with Gasteiger partial charge in [0.25, 0.3) is 0 Å². The van der Waals surface area contributed by atoms with Crippen LogP contribution in [0.5, 0.6) is 0 Å². The molecule has 0 N–H and O–H groups in total. The Bertz CT molecular complexity index is 630. The predicted molar refractivity (Wildman–Crippen MR) is 99.2 cm³/mol. The second kappa shape index (κ2) is 5.68. The monoisotopic (exact) mass is 325 g/mol. The molecule has 6 unspecified atom stereocenters. The SMILES string of the molecule is CCC=NC1CCC2C3CCC4=CC(=O)C=CC4(C)C3CCC12C. The lowest BCUT2D eigenvalue weighted by Crippen LogP contribution is -2.50. The Kier molecular flexibility index (Phi) is 3.85. The van der Waals surface area contributed by atoms with Crippen LogP contribution in [0.25, 0.3) is 0 Å². The van der Waals surface area contributed by atoms with Crippen molar-refractivity contribution in [2.75, 3.05) is 0 Å². The zero-order chi connectivity index (χ0) is 16.9. The van der Waals surface area contributed by atoms with E-state index >= 15 is 0 Å². The topological polar surface area (TPSA) is 29.4 Å². The van der Waals surface area contributed by atoms with Crippen molar-refractivity contribution in [2.24, 2.45) is 33.6 Å². The van der Waals surface area contributed by atoms with Crippen molar-refractivity contribution in [3.8, 4) is 0 Å². The predicted octanol–water partition coefficient (Wildman–Crippen LogP) is 5.14. The van der Waals surface area contributed by atoms with E-state index in [1.807, 2.05) is 12.2 Å². The first kappa shape index (κ1) is 16.3. The molecule has 0 aromatic rings. The number of fused-ring (bicyclic) bond motifs is 5. The molecule has 2 nitrogen and oxygen atoms in total. The van der Waals surface area contributed by atoms with Crippen molar-refractivity contribution in [2.45, 2.75) is 71.8 Å². The summed E-state index contributed by atoms with van der Waals surface area (Å²) in [6.07, 6.45) is 16.8. The molecule has 0 amide bonds. The highest BCUT2D eigenvalue weighted by atomic mass is 16.1. The number of carbonyl (C=O) groups is 1. The first-order valence-electron chi connectivity index (χ1n) is 9.95. The third-order valence-electron chi connectivity index (χ3n) is 7.97. The van der Waals surface area contributed by atoms with Crippen molar-refractivity contribution in [3.63, 3.8) is 0 Å². The number of allylic oxidation sites excluding steroid dienone is 4. The zero-order valence-electron chi connectivity index (χ0n) is 15.4. The van der Waals surface area contributed by atoms with Gasteiger partial charge in [0.2, 0.25) is 0 Å². The Balaban J connectivity index is 1.63. The van der Waals surface area contributed by atoms with Gasteiger partial charge >= 0.3 is 0 Å². The molecule has 2 heteroatoms. The third-order valence-corrected chi connectivity index (χ3v) is 7.97. The fraction of sp³-hybridized carbons (Fsp3) is 0.727. The number of ketones is 1. The van der Waals surface area contributed by atoms with Crippen LogP contribution in [0.2, 0.25) is 0 Å². The van der Waals surface area contributed by atoms with Crippen LogP contribution in [0.1, 0.15) is 65.7 Å². The Labute approximate surface area is 146 Å². The van der Waals surface area contributed by atoms with Crippen LogP contribution < -0.4 is 0 Å². The molecule has 0 aromatic heterocycles. The van der Waals surface area contributed by atoms with Gasteiger partial charge < -0.3 is 0 Å². The van der Waals surface area contributed by atoms with Gasteiger partial charge in [0.05, 0.1) is 6.04 Å². The van der Waals surface area contributed by atoms with E-state index in [9.17, 15) is 4.79 Å². The Hall–Kier alpha value is -1.18. The summed E-state index contributed by atoms with van der Waals surface area (Å²) >= 11 is 0. The molecule has 6 atom stereocenters. The number of nitrogens with zero attached hydrogens (tertiary/aromatic N) is 1. The minimum Gasteiger partial charge on any atom is -0.294 e. The Morgan fingerprint density at radius 1 is 1.21 bits per heavy atom. The minimum absolute atomic E-state index is 0.128. The fourth-order valence-corrected chi connectivity index (χ4v) is 6.65. The highest BCUT2D eigenvalue weighted by Gasteiger charge is 2.58. The maximum atomic E-state index is 11.8. The standard InChI is InChI=1S/C22H31NO/c1-4-13-23-20-8-7-18-17-6-5-15-14-16(24)9-11-21(15,2)19(17)10-12-22(18,20)3/h9,11,13-14,17-20H,4-8,10,12H2,1-3H3. The molecule has 4 aliphatic rings. The van der Waals surface area contributed by atoms with E-state index in [-0.39, 0.29) is 11.2 Å². The molecule has 0 bridgehead atoms. The average Bonchev–Trinajstić information content (AvgIpc) is 2.90. The third kappa shape index (κ3) is 2.21. The molecular formula is C22H31NO. The number of aliphatic imine (C=N–C) groups is 1.